The average Bonchev–Trinajstić information content (AvgIpc) is 2.80. The van der Waals surface area contributed by atoms with Crippen molar-refractivity contribution in [1.82, 2.24) is 10.3 Å². The monoisotopic (exact) mass is 444 g/mol. The molecule has 1 aromatic heterocycles. The molecule has 2 atom stereocenters. The highest BCUT2D eigenvalue weighted by Crippen LogP contribution is 2.39. The molecule has 0 unspecified atom stereocenters. The molecule has 172 valence electrons. The predicted molar refractivity (Wildman–Crippen MR) is 130 cm³/mol. The number of aromatic nitrogens is 1. The largest absolute Gasteiger partial charge is 0.452 e. The fraction of sp³-hybridized carbons (Fsp3) is 0.393. The highest BCUT2D eigenvalue weighted by molar-refractivity contribution is 6.05. The lowest BCUT2D eigenvalue weighted by molar-refractivity contribution is -0.124. The van der Waals surface area contributed by atoms with Gasteiger partial charge < -0.3 is 10.1 Å². The minimum Gasteiger partial charge on any atom is -0.452 e. The van der Waals surface area contributed by atoms with Crippen LogP contribution in [0.4, 0.5) is 0 Å². The number of aryl methyl sites for hydroxylation is 1. The quantitative estimate of drug-likeness (QED) is 0.534. The van der Waals surface area contributed by atoms with Crippen molar-refractivity contribution in [2.24, 2.45) is 11.3 Å². The Balaban J connectivity index is 1.55. The number of para-hydroxylation sites is 1. The van der Waals surface area contributed by atoms with E-state index in [2.05, 4.69) is 26.1 Å². The molecule has 5 heteroatoms. The van der Waals surface area contributed by atoms with E-state index in [1.165, 1.54) is 0 Å². The van der Waals surface area contributed by atoms with Crippen LogP contribution >= 0.6 is 0 Å². The number of fused-ring (bicyclic) bond motifs is 2. The first-order chi connectivity index (χ1) is 15.7. The molecule has 1 N–H and O–H groups in total. The Morgan fingerprint density at radius 3 is 2.52 bits per heavy atom. The molecule has 0 spiro atoms. The molecule has 1 heterocycles. The van der Waals surface area contributed by atoms with Gasteiger partial charge in [-0.05, 0) is 54.7 Å². The van der Waals surface area contributed by atoms with E-state index < -0.39 is 5.97 Å². The Labute approximate surface area is 195 Å². The number of carbonyl (C=O) groups is 2. The fourth-order valence-electron chi connectivity index (χ4n) is 4.67. The molecule has 33 heavy (non-hydrogen) atoms. The van der Waals surface area contributed by atoms with Crippen molar-refractivity contribution < 1.29 is 14.3 Å². The van der Waals surface area contributed by atoms with Crippen LogP contribution in [0.15, 0.2) is 54.6 Å². The third-order valence-corrected chi connectivity index (χ3v) is 6.70. The summed E-state index contributed by atoms with van der Waals surface area (Å²) in [6.07, 6.45) is 2.69. The van der Waals surface area contributed by atoms with E-state index in [-0.39, 0.29) is 24.0 Å². The number of ether oxygens (including phenoxy) is 1. The number of carbonyl (C=O) groups excluding carboxylic acids is 2. The molecule has 4 rings (SSSR count). The summed E-state index contributed by atoms with van der Waals surface area (Å²) in [4.78, 5) is 30.7. The molecule has 0 aliphatic heterocycles. The molecule has 0 fully saturated rings. The Morgan fingerprint density at radius 1 is 1.09 bits per heavy atom. The van der Waals surface area contributed by atoms with Crippen molar-refractivity contribution in [3.63, 3.8) is 0 Å². The van der Waals surface area contributed by atoms with Gasteiger partial charge in [-0.25, -0.2) is 4.79 Å². The molecule has 0 saturated carbocycles. The Morgan fingerprint density at radius 2 is 1.79 bits per heavy atom. The molecule has 0 radical (unpaired) electrons. The zero-order valence-corrected chi connectivity index (χ0v) is 19.9. The summed E-state index contributed by atoms with van der Waals surface area (Å²) in [6, 6.07) is 17.2. The lowest BCUT2D eigenvalue weighted by atomic mass is 9.70. The maximum atomic E-state index is 13.3. The van der Waals surface area contributed by atoms with E-state index in [1.807, 2.05) is 61.5 Å². The second-order valence-electron chi connectivity index (χ2n) is 10.0. The van der Waals surface area contributed by atoms with E-state index in [0.29, 0.717) is 11.5 Å². The molecule has 0 saturated heterocycles. The summed E-state index contributed by atoms with van der Waals surface area (Å²) in [5, 5.41) is 3.69. The van der Waals surface area contributed by atoms with Gasteiger partial charge in [0.15, 0.2) is 6.61 Å². The third-order valence-electron chi connectivity index (χ3n) is 6.70. The first-order valence-electron chi connectivity index (χ1n) is 11.7. The third kappa shape index (κ3) is 5.08. The Bertz CT molecular complexity index is 1160. The number of nitrogens with one attached hydrogen (secondary N) is 1. The van der Waals surface area contributed by atoms with Crippen LogP contribution in [0.3, 0.4) is 0 Å². The first kappa shape index (κ1) is 23.0. The second kappa shape index (κ2) is 9.34. The smallest absolute Gasteiger partial charge is 0.339 e. The van der Waals surface area contributed by atoms with Gasteiger partial charge in [0.2, 0.25) is 0 Å². The van der Waals surface area contributed by atoms with Gasteiger partial charge >= 0.3 is 5.97 Å². The van der Waals surface area contributed by atoms with Gasteiger partial charge in [-0.3, -0.25) is 9.78 Å². The van der Waals surface area contributed by atoms with E-state index in [1.54, 1.807) is 0 Å². The lowest BCUT2D eigenvalue weighted by Gasteiger charge is -2.35. The van der Waals surface area contributed by atoms with Crippen LogP contribution in [-0.2, 0) is 22.4 Å². The summed E-state index contributed by atoms with van der Waals surface area (Å²) in [5.41, 5.74) is 4.44. The highest BCUT2D eigenvalue weighted by atomic mass is 16.5. The van der Waals surface area contributed by atoms with Crippen LogP contribution in [-0.4, -0.2) is 23.5 Å². The number of esters is 1. The zero-order chi connectivity index (χ0) is 23.6. The summed E-state index contributed by atoms with van der Waals surface area (Å²) in [7, 11) is 0. The molecule has 2 aromatic carbocycles. The number of hydrogen-bond donors (Lipinski definition) is 1. The maximum absolute atomic E-state index is 13.3. The molecule has 1 amide bonds. The van der Waals surface area contributed by atoms with Gasteiger partial charge in [0.1, 0.15) is 0 Å². The van der Waals surface area contributed by atoms with Crippen LogP contribution in [0.2, 0.25) is 0 Å². The SMILES string of the molecule is C[C@H](NC(=O)COC(=O)c1c2c(nc3ccccc13)CC[C@@H](C(C)(C)C)C2)c1ccccc1. The summed E-state index contributed by atoms with van der Waals surface area (Å²) >= 11 is 0. The molecule has 0 bridgehead atoms. The number of hydrogen-bond acceptors (Lipinski definition) is 4. The van der Waals surface area contributed by atoms with Crippen LogP contribution in [0.5, 0.6) is 0 Å². The molecule has 5 nitrogen and oxygen atoms in total. The van der Waals surface area contributed by atoms with Crippen molar-refractivity contribution in [3.05, 3.63) is 77.0 Å². The normalized spacial score (nSPS) is 16.7. The standard InChI is InChI=1S/C28H32N2O3/c1-18(19-10-6-5-7-11-19)29-25(31)17-33-27(32)26-21-12-8-9-13-23(21)30-24-15-14-20(16-22(24)26)28(2,3)4/h5-13,18,20H,14-17H2,1-4H3,(H,29,31)/t18-,20+/m0/s1. The van der Waals surface area contributed by atoms with Crippen LogP contribution in [0.25, 0.3) is 10.9 Å². The van der Waals surface area contributed by atoms with Crippen LogP contribution in [0.1, 0.15) is 67.3 Å². The van der Waals surface area contributed by atoms with Gasteiger partial charge in [-0.15, -0.1) is 0 Å². The minimum atomic E-state index is -0.457. The van der Waals surface area contributed by atoms with Crippen molar-refractivity contribution in [2.45, 2.75) is 53.0 Å². The number of amides is 1. The first-order valence-corrected chi connectivity index (χ1v) is 11.7. The summed E-state index contributed by atoms with van der Waals surface area (Å²) in [6.45, 7) is 8.33. The van der Waals surface area contributed by atoms with E-state index in [0.717, 1.165) is 47.0 Å². The Hall–Kier alpha value is -3.21. The Kier molecular flexibility index (Phi) is 6.50. The summed E-state index contributed by atoms with van der Waals surface area (Å²) < 4.78 is 5.54. The molecule has 1 aliphatic carbocycles. The second-order valence-corrected chi connectivity index (χ2v) is 10.0. The molecule has 3 aromatic rings. The lowest BCUT2D eigenvalue weighted by Crippen LogP contribution is -2.32. The topological polar surface area (TPSA) is 68.3 Å². The minimum absolute atomic E-state index is 0.137. The van der Waals surface area contributed by atoms with E-state index in [4.69, 9.17) is 9.72 Å². The molecular weight excluding hydrogens is 412 g/mol. The van der Waals surface area contributed by atoms with Gasteiger partial charge in [-0.2, -0.15) is 0 Å². The van der Waals surface area contributed by atoms with Crippen molar-refractivity contribution in [2.75, 3.05) is 6.61 Å². The maximum Gasteiger partial charge on any atom is 0.339 e. The van der Waals surface area contributed by atoms with Crippen molar-refractivity contribution in [3.8, 4) is 0 Å². The van der Waals surface area contributed by atoms with Crippen molar-refractivity contribution >= 4 is 22.8 Å². The van der Waals surface area contributed by atoms with Gasteiger partial charge in [0.05, 0.1) is 17.1 Å². The number of benzene rings is 2. The molecular formula is C28H32N2O3. The van der Waals surface area contributed by atoms with Gasteiger partial charge in [-0.1, -0.05) is 69.3 Å². The van der Waals surface area contributed by atoms with Gasteiger partial charge in [0, 0.05) is 11.1 Å². The van der Waals surface area contributed by atoms with E-state index >= 15 is 0 Å². The molecule has 1 aliphatic rings. The van der Waals surface area contributed by atoms with E-state index in [9.17, 15) is 9.59 Å². The average molecular weight is 445 g/mol. The van der Waals surface area contributed by atoms with Crippen molar-refractivity contribution in [1.29, 1.82) is 0 Å². The number of pyridine rings is 1. The fourth-order valence-corrected chi connectivity index (χ4v) is 4.67. The predicted octanol–water partition coefficient (Wildman–Crippen LogP) is 5.42. The zero-order valence-electron chi connectivity index (χ0n) is 19.9. The highest BCUT2D eigenvalue weighted by Gasteiger charge is 2.33. The summed E-state index contributed by atoms with van der Waals surface area (Å²) in [5.74, 6) is -0.323. The van der Waals surface area contributed by atoms with Crippen LogP contribution in [0, 0.1) is 11.3 Å². The number of rotatable bonds is 5. The number of nitrogens with zero attached hydrogens (tertiary/aromatic N) is 1. The van der Waals surface area contributed by atoms with Crippen LogP contribution < -0.4 is 5.32 Å². The van der Waals surface area contributed by atoms with Gasteiger partial charge in [0.25, 0.3) is 5.91 Å².